The average Bonchev–Trinajstić information content (AvgIpc) is 2.59. The molecule has 0 bridgehead atoms. The lowest BCUT2D eigenvalue weighted by Crippen LogP contribution is -2.40. The molecular weight excluding hydrogens is 361 g/mol. The lowest BCUT2D eigenvalue weighted by molar-refractivity contribution is -0.148. The molecule has 1 aromatic carbocycles. The van der Waals surface area contributed by atoms with E-state index in [1.54, 1.807) is 6.07 Å². The van der Waals surface area contributed by atoms with E-state index in [1.807, 2.05) is 0 Å². The minimum atomic E-state index is -4.64. The van der Waals surface area contributed by atoms with Crippen LogP contribution in [0.15, 0.2) is 29.2 Å². The number of rotatable bonds is 4. The van der Waals surface area contributed by atoms with E-state index in [9.17, 15) is 26.4 Å². The summed E-state index contributed by atoms with van der Waals surface area (Å²) in [6.45, 7) is -0.391. The minimum Gasteiger partial charge on any atom is -0.450 e. The molecular formula is C15H15F3N2O4S. The van der Waals surface area contributed by atoms with Crippen molar-refractivity contribution in [2.75, 3.05) is 19.7 Å². The summed E-state index contributed by atoms with van der Waals surface area (Å²) in [6, 6.07) is 5.22. The van der Waals surface area contributed by atoms with Gasteiger partial charge >= 0.3 is 12.1 Å². The Kier molecular flexibility index (Phi) is 5.69. The molecule has 6 nitrogen and oxygen atoms in total. The van der Waals surface area contributed by atoms with Gasteiger partial charge < -0.3 is 4.74 Å². The molecule has 0 N–H and O–H groups in total. The number of halogens is 3. The van der Waals surface area contributed by atoms with Crippen LogP contribution in [-0.4, -0.2) is 38.4 Å². The summed E-state index contributed by atoms with van der Waals surface area (Å²) < 4.78 is 69.0. The number of carbonyl (C=O) groups is 1. The molecule has 0 spiro atoms. The molecule has 0 unspecified atom stereocenters. The van der Waals surface area contributed by atoms with Crippen LogP contribution in [0.3, 0.4) is 0 Å². The van der Waals surface area contributed by atoms with E-state index in [2.05, 4.69) is 0 Å². The number of nitrogens with zero attached hydrogens (tertiary/aromatic N) is 2. The summed E-state index contributed by atoms with van der Waals surface area (Å²) in [5, 5.41) is 8.37. The molecule has 0 aromatic heterocycles. The van der Waals surface area contributed by atoms with Crippen molar-refractivity contribution >= 4 is 16.0 Å². The highest BCUT2D eigenvalue weighted by molar-refractivity contribution is 7.89. The van der Waals surface area contributed by atoms with Crippen molar-refractivity contribution in [1.82, 2.24) is 4.31 Å². The first-order chi connectivity index (χ1) is 11.7. The first-order valence-electron chi connectivity index (χ1n) is 7.37. The molecule has 1 heterocycles. The Bertz CT molecular complexity index is 779. The van der Waals surface area contributed by atoms with E-state index in [4.69, 9.17) is 10.00 Å². The van der Waals surface area contributed by atoms with Gasteiger partial charge in [-0.05, 0) is 31.0 Å². The second kappa shape index (κ2) is 7.41. The zero-order chi connectivity index (χ0) is 18.7. The molecule has 10 heteroatoms. The molecule has 136 valence electrons. The molecule has 1 aliphatic rings. The average molecular weight is 376 g/mol. The molecule has 0 saturated carbocycles. The number of hydrogen-bond acceptors (Lipinski definition) is 5. The van der Waals surface area contributed by atoms with E-state index in [-0.39, 0.29) is 32.5 Å². The van der Waals surface area contributed by atoms with Crippen LogP contribution in [0, 0.1) is 17.2 Å². The fourth-order valence-electron chi connectivity index (χ4n) is 2.54. The molecule has 1 saturated heterocycles. The highest BCUT2D eigenvalue weighted by atomic mass is 32.2. The predicted octanol–water partition coefficient (Wildman–Crippen LogP) is 2.17. The van der Waals surface area contributed by atoms with Crippen molar-refractivity contribution in [2.45, 2.75) is 23.9 Å². The van der Waals surface area contributed by atoms with Gasteiger partial charge in [-0.2, -0.15) is 22.7 Å². The Balaban J connectivity index is 2.10. The lowest BCUT2D eigenvalue weighted by atomic mass is 9.98. The highest BCUT2D eigenvalue weighted by Crippen LogP contribution is 2.32. The Labute approximate surface area is 142 Å². The van der Waals surface area contributed by atoms with Crippen LogP contribution >= 0.6 is 0 Å². The van der Waals surface area contributed by atoms with Crippen molar-refractivity contribution in [3.63, 3.8) is 0 Å². The van der Waals surface area contributed by atoms with Gasteiger partial charge in [0, 0.05) is 13.1 Å². The van der Waals surface area contributed by atoms with E-state index in [1.165, 1.54) is 0 Å². The molecule has 0 atom stereocenters. The van der Waals surface area contributed by atoms with Crippen molar-refractivity contribution in [3.05, 3.63) is 29.8 Å². The molecule has 0 aliphatic carbocycles. The quantitative estimate of drug-likeness (QED) is 0.752. The molecule has 1 fully saturated rings. The highest BCUT2D eigenvalue weighted by Gasteiger charge is 2.35. The number of nitriles is 1. The summed E-state index contributed by atoms with van der Waals surface area (Å²) >= 11 is 0. The van der Waals surface area contributed by atoms with Gasteiger partial charge in [0.1, 0.15) is 6.07 Å². The van der Waals surface area contributed by atoms with Gasteiger partial charge in [-0.3, -0.25) is 4.79 Å². The van der Waals surface area contributed by atoms with Crippen molar-refractivity contribution < 1.29 is 31.1 Å². The van der Waals surface area contributed by atoms with Crippen molar-refractivity contribution in [2.24, 2.45) is 5.92 Å². The van der Waals surface area contributed by atoms with Gasteiger partial charge in [0.05, 0.1) is 16.4 Å². The fourth-order valence-corrected chi connectivity index (χ4v) is 4.05. The van der Waals surface area contributed by atoms with Crippen LogP contribution in [-0.2, 0) is 25.7 Å². The zero-order valence-electron chi connectivity index (χ0n) is 13.0. The maximum atomic E-state index is 12.8. The topological polar surface area (TPSA) is 87.5 Å². The second-order valence-electron chi connectivity index (χ2n) is 5.47. The smallest absolute Gasteiger partial charge is 0.416 e. The van der Waals surface area contributed by atoms with Gasteiger partial charge in [-0.25, -0.2) is 8.42 Å². The van der Waals surface area contributed by atoms with E-state index >= 15 is 0 Å². The van der Waals surface area contributed by atoms with E-state index < -0.39 is 38.5 Å². The van der Waals surface area contributed by atoms with Gasteiger partial charge in [-0.1, -0.05) is 6.07 Å². The van der Waals surface area contributed by atoms with Gasteiger partial charge in [0.25, 0.3) is 0 Å². The number of esters is 1. The van der Waals surface area contributed by atoms with Crippen LogP contribution in [0.5, 0.6) is 0 Å². The van der Waals surface area contributed by atoms with Gasteiger partial charge in [0.2, 0.25) is 10.0 Å². The zero-order valence-corrected chi connectivity index (χ0v) is 13.8. The van der Waals surface area contributed by atoms with E-state index in [0.717, 1.165) is 22.5 Å². The fraction of sp³-hybridized carbons (Fsp3) is 0.467. The third-order valence-electron chi connectivity index (χ3n) is 3.87. The summed E-state index contributed by atoms with van der Waals surface area (Å²) in [4.78, 5) is 11.2. The molecule has 0 radical (unpaired) electrons. The van der Waals surface area contributed by atoms with Crippen LogP contribution in [0.25, 0.3) is 0 Å². The largest absolute Gasteiger partial charge is 0.450 e. The molecule has 1 aliphatic heterocycles. The van der Waals surface area contributed by atoms with Gasteiger partial charge in [0.15, 0.2) is 6.61 Å². The third-order valence-corrected chi connectivity index (χ3v) is 5.76. The standard InChI is InChI=1S/C15H15F3N2O4S/c16-15(17,18)12-2-1-3-13(10-12)25(22,23)20-7-4-11(5-8-20)14(21)24-9-6-19/h1-3,10-11H,4-5,7-9H2. The lowest BCUT2D eigenvalue weighted by Gasteiger charge is -2.30. The number of alkyl halides is 3. The Morgan fingerprint density at radius 2 is 1.96 bits per heavy atom. The number of sulfonamides is 1. The summed E-state index contributed by atoms with van der Waals surface area (Å²) in [5.74, 6) is -1.10. The van der Waals surface area contributed by atoms with Gasteiger partial charge in [-0.15, -0.1) is 0 Å². The van der Waals surface area contributed by atoms with Crippen LogP contribution < -0.4 is 0 Å². The van der Waals surface area contributed by atoms with E-state index in [0.29, 0.717) is 6.07 Å². The monoisotopic (exact) mass is 376 g/mol. The van der Waals surface area contributed by atoms with Crippen molar-refractivity contribution in [3.8, 4) is 6.07 Å². The van der Waals surface area contributed by atoms with Crippen molar-refractivity contribution in [1.29, 1.82) is 5.26 Å². The number of benzene rings is 1. The number of carbonyl (C=O) groups excluding carboxylic acids is 1. The molecule has 2 rings (SSSR count). The number of hydrogen-bond donors (Lipinski definition) is 0. The molecule has 25 heavy (non-hydrogen) atoms. The summed E-state index contributed by atoms with van der Waals surface area (Å²) in [5.41, 5.74) is -1.04. The maximum absolute atomic E-state index is 12.8. The van der Waals surface area contributed by atoms with Crippen LogP contribution in [0.2, 0.25) is 0 Å². The number of ether oxygens (including phenoxy) is 1. The van der Waals surface area contributed by atoms with Crippen LogP contribution in [0.1, 0.15) is 18.4 Å². The second-order valence-corrected chi connectivity index (χ2v) is 7.41. The minimum absolute atomic E-state index is 0.00903. The molecule has 0 amide bonds. The first kappa shape index (κ1) is 19.2. The Morgan fingerprint density at radius 3 is 2.52 bits per heavy atom. The predicted molar refractivity (Wildman–Crippen MR) is 79.5 cm³/mol. The first-order valence-corrected chi connectivity index (χ1v) is 8.81. The summed E-state index contributed by atoms with van der Waals surface area (Å²) in [6.07, 6.45) is -4.27. The maximum Gasteiger partial charge on any atom is 0.416 e. The Morgan fingerprint density at radius 1 is 1.32 bits per heavy atom. The summed E-state index contributed by atoms with van der Waals surface area (Å²) in [7, 11) is -4.08. The third kappa shape index (κ3) is 4.49. The normalized spacial score (nSPS) is 17.0. The molecule has 1 aromatic rings. The SMILES string of the molecule is N#CCOC(=O)C1CCN(S(=O)(=O)c2cccc(C(F)(F)F)c2)CC1. The number of piperidine rings is 1. The van der Waals surface area contributed by atoms with Crippen LogP contribution in [0.4, 0.5) is 13.2 Å². The Hall–Kier alpha value is -2.12.